The summed E-state index contributed by atoms with van der Waals surface area (Å²) in [5, 5.41) is 6.73. The highest BCUT2D eigenvalue weighted by Gasteiger charge is 2.19. The summed E-state index contributed by atoms with van der Waals surface area (Å²) in [6, 6.07) is 7.79. The fourth-order valence-corrected chi connectivity index (χ4v) is 3.81. The summed E-state index contributed by atoms with van der Waals surface area (Å²) >= 11 is 0. The smallest absolute Gasteiger partial charge is 0.163 e. The minimum atomic E-state index is 0.251. The molecule has 5 nitrogen and oxygen atoms in total. The molecule has 1 saturated heterocycles. The summed E-state index contributed by atoms with van der Waals surface area (Å²) in [6.07, 6.45) is 7.71. The van der Waals surface area contributed by atoms with Gasteiger partial charge in [-0.25, -0.2) is 9.97 Å². The molecule has 2 aliphatic rings. The molecule has 0 spiro atoms. The summed E-state index contributed by atoms with van der Waals surface area (Å²) in [6.45, 7) is 2.06. The third kappa shape index (κ3) is 3.71. The number of anilines is 2. The average Bonchev–Trinajstić information content (AvgIpc) is 3.13. The van der Waals surface area contributed by atoms with Crippen LogP contribution >= 0.6 is 0 Å². The van der Waals surface area contributed by atoms with Gasteiger partial charge in [-0.3, -0.25) is 4.79 Å². The monoisotopic (exact) mass is 336 g/mol. The maximum absolute atomic E-state index is 12.5. The van der Waals surface area contributed by atoms with Crippen molar-refractivity contribution in [2.45, 2.75) is 38.5 Å². The number of nitrogens with one attached hydrogen (secondary N) is 2. The number of Topliss-reactive ketones (excluding diaryl/α,β-unsaturated/α-hetero) is 1. The molecule has 25 heavy (non-hydrogen) atoms. The number of carbonyl (C=O) groups excluding carboxylic acids is 1. The molecule has 0 radical (unpaired) electrons. The fourth-order valence-electron chi connectivity index (χ4n) is 3.81. The van der Waals surface area contributed by atoms with E-state index in [4.69, 9.17) is 0 Å². The second-order valence-electron chi connectivity index (χ2n) is 7.02. The van der Waals surface area contributed by atoms with Gasteiger partial charge in [-0.05, 0) is 75.4 Å². The molecule has 5 heteroatoms. The Balaban J connectivity index is 1.42. The third-order valence-corrected chi connectivity index (χ3v) is 5.28. The van der Waals surface area contributed by atoms with Crippen LogP contribution in [0.5, 0.6) is 0 Å². The number of carbonyl (C=O) groups is 1. The number of benzene rings is 1. The Morgan fingerprint density at radius 3 is 2.72 bits per heavy atom. The average molecular weight is 336 g/mol. The van der Waals surface area contributed by atoms with Crippen LogP contribution in [0.25, 0.3) is 0 Å². The summed E-state index contributed by atoms with van der Waals surface area (Å²) in [5.41, 5.74) is 4.16. The van der Waals surface area contributed by atoms with Crippen molar-refractivity contribution >= 4 is 17.3 Å². The highest BCUT2D eigenvalue weighted by Crippen LogP contribution is 2.27. The van der Waals surface area contributed by atoms with Crippen molar-refractivity contribution in [1.82, 2.24) is 15.3 Å². The van der Waals surface area contributed by atoms with Gasteiger partial charge in [0.15, 0.2) is 5.78 Å². The van der Waals surface area contributed by atoms with E-state index >= 15 is 0 Å². The van der Waals surface area contributed by atoms with E-state index in [9.17, 15) is 4.79 Å². The van der Waals surface area contributed by atoms with E-state index in [-0.39, 0.29) is 5.78 Å². The number of hydrogen-bond acceptors (Lipinski definition) is 5. The molecule has 0 atom stereocenters. The van der Waals surface area contributed by atoms with Crippen molar-refractivity contribution in [3.05, 3.63) is 47.4 Å². The van der Waals surface area contributed by atoms with Crippen molar-refractivity contribution < 1.29 is 4.79 Å². The molecule has 0 unspecified atom stereocenters. The Labute approximate surface area is 148 Å². The van der Waals surface area contributed by atoms with Crippen molar-refractivity contribution in [3.8, 4) is 0 Å². The zero-order chi connectivity index (χ0) is 17.1. The maximum Gasteiger partial charge on any atom is 0.163 e. The first-order valence-electron chi connectivity index (χ1n) is 9.23. The largest absolute Gasteiger partial charge is 0.340 e. The van der Waals surface area contributed by atoms with Crippen LogP contribution in [0.2, 0.25) is 0 Å². The Morgan fingerprint density at radius 2 is 1.92 bits per heavy atom. The van der Waals surface area contributed by atoms with E-state index in [1.54, 1.807) is 6.33 Å². The zero-order valence-corrected chi connectivity index (χ0v) is 14.4. The first kappa shape index (κ1) is 16.2. The molecule has 1 aromatic heterocycles. The zero-order valence-electron chi connectivity index (χ0n) is 14.4. The molecular weight excluding hydrogens is 312 g/mol. The van der Waals surface area contributed by atoms with Crippen molar-refractivity contribution in [2.75, 3.05) is 18.4 Å². The van der Waals surface area contributed by atoms with Gasteiger partial charge in [0, 0.05) is 28.9 Å². The molecule has 2 aromatic rings. The number of ketones is 1. The van der Waals surface area contributed by atoms with Crippen molar-refractivity contribution in [2.24, 2.45) is 5.92 Å². The van der Waals surface area contributed by atoms with Gasteiger partial charge in [0.1, 0.15) is 12.1 Å². The summed E-state index contributed by atoms with van der Waals surface area (Å²) in [4.78, 5) is 21.2. The quantitative estimate of drug-likeness (QED) is 0.820. The van der Waals surface area contributed by atoms with Gasteiger partial charge in [0.25, 0.3) is 0 Å². The second-order valence-corrected chi connectivity index (χ2v) is 7.02. The van der Waals surface area contributed by atoms with Crippen LogP contribution in [0.3, 0.4) is 0 Å². The predicted octanol–water partition coefficient (Wildman–Crippen LogP) is 3.28. The van der Waals surface area contributed by atoms with Crippen LogP contribution in [0, 0.1) is 5.92 Å². The van der Waals surface area contributed by atoms with Gasteiger partial charge in [-0.1, -0.05) is 0 Å². The van der Waals surface area contributed by atoms with Gasteiger partial charge in [0.2, 0.25) is 0 Å². The van der Waals surface area contributed by atoms with Gasteiger partial charge in [-0.2, -0.15) is 0 Å². The van der Waals surface area contributed by atoms with E-state index in [1.165, 1.54) is 5.56 Å². The normalized spacial score (nSPS) is 17.3. The Kier molecular flexibility index (Phi) is 4.74. The minimum absolute atomic E-state index is 0.251. The van der Waals surface area contributed by atoms with E-state index in [0.29, 0.717) is 12.3 Å². The number of fused-ring (bicyclic) bond motifs is 1. The fraction of sp³-hybridized carbons (Fsp3) is 0.450. The van der Waals surface area contributed by atoms with Crippen LogP contribution in [-0.4, -0.2) is 28.8 Å². The lowest BCUT2D eigenvalue weighted by atomic mass is 9.90. The van der Waals surface area contributed by atoms with Crippen LogP contribution in [0.4, 0.5) is 11.5 Å². The topological polar surface area (TPSA) is 66.9 Å². The lowest BCUT2D eigenvalue weighted by Crippen LogP contribution is -2.28. The van der Waals surface area contributed by atoms with Crippen LogP contribution in [0.1, 0.15) is 47.3 Å². The minimum Gasteiger partial charge on any atom is -0.340 e. The Hall–Kier alpha value is -2.27. The third-order valence-electron chi connectivity index (χ3n) is 5.28. The second kappa shape index (κ2) is 7.31. The lowest BCUT2D eigenvalue weighted by Gasteiger charge is -2.21. The van der Waals surface area contributed by atoms with E-state index in [2.05, 4.69) is 20.6 Å². The number of aromatic nitrogens is 2. The van der Waals surface area contributed by atoms with Gasteiger partial charge < -0.3 is 10.6 Å². The summed E-state index contributed by atoms with van der Waals surface area (Å²) in [5.74, 6) is 1.67. The van der Waals surface area contributed by atoms with Gasteiger partial charge in [0.05, 0.1) is 0 Å². The first-order valence-corrected chi connectivity index (χ1v) is 9.23. The maximum atomic E-state index is 12.5. The van der Waals surface area contributed by atoms with E-state index in [0.717, 1.165) is 68.0 Å². The van der Waals surface area contributed by atoms with Crippen molar-refractivity contribution in [1.29, 1.82) is 0 Å². The molecule has 130 valence electrons. The standard InChI is InChI=1S/C20H24N4O/c25-19(12-14-8-10-21-11-9-14)15-4-6-16(7-5-15)24-20-17-2-1-3-18(17)22-13-23-20/h4-7,13-14,21H,1-3,8-12H2,(H,22,23,24). The number of rotatable bonds is 5. The summed E-state index contributed by atoms with van der Waals surface area (Å²) < 4.78 is 0. The molecule has 0 amide bonds. The molecule has 2 N–H and O–H groups in total. The van der Waals surface area contributed by atoms with Gasteiger partial charge in [-0.15, -0.1) is 0 Å². The van der Waals surface area contributed by atoms with Crippen molar-refractivity contribution in [3.63, 3.8) is 0 Å². The predicted molar refractivity (Wildman–Crippen MR) is 98.3 cm³/mol. The lowest BCUT2D eigenvalue weighted by molar-refractivity contribution is 0.0952. The van der Waals surface area contributed by atoms with E-state index < -0.39 is 0 Å². The number of piperidine rings is 1. The van der Waals surface area contributed by atoms with E-state index in [1.807, 2.05) is 24.3 Å². The Morgan fingerprint density at radius 1 is 1.12 bits per heavy atom. The molecule has 4 rings (SSSR count). The van der Waals surface area contributed by atoms with Crippen LogP contribution < -0.4 is 10.6 Å². The van der Waals surface area contributed by atoms with Crippen LogP contribution in [-0.2, 0) is 12.8 Å². The van der Waals surface area contributed by atoms with Gasteiger partial charge >= 0.3 is 0 Å². The highest BCUT2D eigenvalue weighted by atomic mass is 16.1. The molecular formula is C20H24N4O. The first-order chi connectivity index (χ1) is 12.3. The molecule has 0 bridgehead atoms. The summed E-state index contributed by atoms with van der Waals surface area (Å²) in [7, 11) is 0. The van der Waals surface area contributed by atoms with Crippen LogP contribution in [0.15, 0.2) is 30.6 Å². The molecule has 1 fully saturated rings. The molecule has 1 aliphatic carbocycles. The molecule has 2 heterocycles. The highest BCUT2D eigenvalue weighted by molar-refractivity contribution is 5.96. The number of nitrogens with zero attached hydrogens (tertiary/aromatic N) is 2. The Bertz CT molecular complexity index is 751. The number of hydrogen-bond donors (Lipinski definition) is 2. The molecule has 1 aliphatic heterocycles. The SMILES string of the molecule is O=C(CC1CCNCC1)c1ccc(Nc2ncnc3c2CCC3)cc1. The number of aryl methyl sites for hydroxylation is 1. The molecule has 0 saturated carbocycles. The molecule has 1 aromatic carbocycles.